The Morgan fingerprint density at radius 2 is 1.61 bits per heavy atom. The molecule has 0 aliphatic heterocycles. The first-order valence-electron chi connectivity index (χ1n) is 9.44. The van der Waals surface area contributed by atoms with Crippen LogP contribution in [0.2, 0.25) is 0 Å². The Hall–Kier alpha value is -2.90. The van der Waals surface area contributed by atoms with Crippen LogP contribution in [0, 0.1) is 6.92 Å². The van der Waals surface area contributed by atoms with Gasteiger partial charge in [-0.3, -0.25) is 0 Å². The molecule has 28 heavy (non-hydrogen) atoms. The van der Waals surface area contributed by atoms with Gasteiger partial charge in [0.05, 0.1) is 0 Å². The third-order valence-electron chi connectivity index (χ3n) is 4.95. The Morgan fingerprint density at radius 1 is 0.893 bits per heavy atom. The van der Waals surface area contributed by atoms with E-state index in [1.165, 1.54) is 42.8 Å². The number of aryl methyl sites for hydroxylation is 1. The van der Waals surface area contributed by atoms with E-state index >= 15 is 0 Å². The Balaban J connectivity index is 1.95. The first-order valence-corrected chi connectivity index (χ1v) is 10.3. The lowest BCUT2D eigenvalue weighted by Crippen LogP contribution is -1.83. The Bertz CT molecular complexity index is 1100. The fourth-order valence-corrected chi connectivity index (χ4v) is 4.12. The van der Waals surface area contributed by atoms with Crippen LogP contribution in [0.15, 0.2) is 91.1 Å². The van der Waals surface area contributed by atoms with Gasteiger partial charge in [0.15, 0.2) is 0 Å². The molecule has 0 saturated carbocycles. The van der Waals surface area contributed by atoms with Crippen LogP contribution >= 0.6 is 11.3 Å². The summed E-state index contributed by atoms with van der Waals surface area (Å²) in [7, 11) is 0. The Labute approximate surface area is 172 Å². The molecule has 140 valence electrons. The topological polar surface area (TPSA) is 0 Å². The smallest absolute Gasteiger partial charge is 0.0355 e. The largest absolute Gasteiger partial charge is 0.135 e. The molecule has 0 unspecified atom stereocenters. The van der Waals surface area contributed by atoms with Crippen LogP contribution in [0.4, 0.5) is 0 Å². The number of rotatable bonds is 6. The number of benzene rings is 2. The molecule has 0 amide bonds. The number of allylic oxidation sites excluding steroid dienone is 6. The average Bonchev–Trinajstić information content (AvgIpc) is 3.07. The van der Waals surface area contributed by atoms with Gasteiger partial charge in [-0.15, -0.1) is 11.3 Å². The van der Waals surface area contributed by atoms with Crippen LogP contribution in [0.5, 0.6) is 0 Å². The third kappa shape index (κ3) is 4.32. The second-order valence-electron chi connectivity index (χ2n) is 6.95. The average molecular weight is 383 g/mol. The van der Waals surface area contributed by atoms with E-state index in [9.17, 15) is 0 Å². The van der Waals surface area contributed by atoms with E-state index in [0.717, 1.165) is 5.57 Å². The molecule has 0 radical (unpaired) electrons. The maximum Gasteiger partial charge on any atom is 0.0355 e. The predicted molar refractivity (Wildman–Crippen MR) is 129 cm³/mol. The Kier molecular flexibility index (Phi) is 6.28. The first kappa shape index (κ1) is 19.9. The molecule has 0 fully saturated rings. The molecule has 0 nitrogen and oxygen atoms in total. The van der Waals surface area contributed by atoms with E-state index in [2.05, 4.69) is 101 Å². The van der Waals surface area contributed by atoms with Gasteiger partial charge in [0.1, 0.15) is 0 Å². The maximum absolute atomic E-state index is 4.00. The minimum Gasteiger partial charge on any atom is -0.135 e. The van der Waals surface area contributed by atoms with Gasteiger partial charge >= 0.3 is 0 Å². The summed E-state index contributed by atoms with van der Waals surface area (Å²) >= 11 is 1.79. The molecule has 2 aromatic carbocycles. The highest BCUT2D eigenvalue weighted by Crippen LogP contribution is 2.34. The fourth-order valence-electron chi connectivity index (χ4n) is 3.09. The molecule has 1 aromatic heterocycles. The lowest BCUT2D eigenvalue weighted by atomic mass is 10.0. The van der Waals surface area contributed by atoms with Crippen LogP contribution in [-0.4, -0.2) is 0 Å². The van der Waals surface area contributed by atoms with E-state index in [1.54, 1.807) is 11.3 Å². The van der Waals surface area contributed by atoms with E-state index in [1.807, 2.05) is 12.2 Å². The summed E-state index contributed by atoms with van der Waals surface area (Å²) in [6, 6.07) is 17.1. The van der Waals surface area contributed by atoms with Crippen molar-refractivity contribution in [3.05, 3.63) is 113 Å². The van der Waals surface area contributed by atoms with Gasteiger partial charge in [-0.05, 0) is 55.2 Å². The molecule has 0 saturated heterocycles. The predicted octanol–water partition coefficient (Wildman–Crippen LogP) is 8.47. The molecule has 3 aromatic rings. The van der Waals surface area contributed by atoms with Crippen LogP contribution in [0.3, 0.4) is 0 Å². The third-order valence-corrected chi connectivity index (χ3v) is 6.13. The molecule has 0 bridgehead atoms. The number of thiophene rings is 1. The van der Waals surface area contributed by atoms with Crippen molar-refractivity contribution in [3.63, 3.8) is 0 Å². The Morgan fingerprint density at radius 3 is 2.29 bits per heavy atom. The van der Waals surface area contributed by atoms with Crippen molar-refractivity contribution in [2.24, 2.45) is 0 Å². The standard InChI is InChI=1S/C27H26S/c1-6-22(23-15-12-19(3)13-16-23)17-14-20(4)21(5)18-25-24-10-8-9-11-27(24)28-26(25)7-2/h6-18H,1-2H2,3-5H3/b20-14+,21-18+,22-17+. The number of hydrogen-bond acceptors (Lipinski definition) is 1. The first-order chi connectivity index (χ1) is 13.5. The second kappa shape index (κ2) is 8.86. The quantitative estimate of drug-likeness (QED) is 0.375. The van der Waals surface area contributed by atoms with Gasteiger partial charge in [0.25, 0.3) is 0 Å². The van der Waals surface area contributed by atoms with Gasteiger partial charge < -0.3 is 0 Å². The van der Waals surface area contributed by atoms with Crippen LogP contribution in [0.25, 0.3) is 27.8 Å². The molecule has 1 heteroatoms. The van der Waals surface area contributed by atoms with Crippen LogP contribution < -0.4 is 0 Å². The van der Waals surface area contributed by atoms with Gasteiger partial charge in [-0.25, -0.2) is 0 Å². The SMILES string of the molecule is C=C\C(=C/C=C(C)/C(C)=C/c1c(C=C)sc2ccccc12)c1ccc(C)cc1. The van der Waals surface area contributed by atoms with Crippen molar-refractivity contribution >= 4 is 39.1 Å². The summed E-state index contributed by atoms with van der Waals surface area (Å²) in [6.07, 6.45) is 10.5. The van der Waals surface area contributed by atoms with E-state index in [4.69, 9.17) is 0 Å². The van der Waals surface area contributed by atoms with Crippen molar-refractivity contribution in [1.29, 1.82) is 0 Å². The molecule has 0 spiro atoms. The lowest BCUT2D eigenvalue weighted by molar-refractivity contribution is 1.37. The molecule has 0 aliphatic carbocycles. The summed E-state index contributed by atoms with van der Waals surface area (Å²) < 4.78 is 1.30. The summed E-state index contributed by atoms with van der Waals surface area (Å²) in [6.45, 7) is 14.4. The fraction of sp³-hybridized carbons (Fsp3) is 0.111. The second-order valence-corrected chi connectivity index (χ2v) is 8.03. The molecule has 0 atom stereocenters. The minimum absolute atomic E-state index is 1.12. The van der Waals surface area contributed by atoms with Crippen molar-refractivity contribution in [1.82, 2.24) is 0 Å². The van der Waals surface area contributed by atoms with Gasteiger partial charge in [-0.2, -0.15) is 0 Å². The highest BCUT2D eigenvalue weighted by molar-refractivity contribution is 7.20. The monoisotopic (exact) mass is 382 g/mol. The van der Waals surface area contributed by atoms with Gasteiger partial charge in [0, 0.05) is 20.5 Å². The zero-order valence-corrected chi connectivity index (χ0v) is 17.6. The normalized spacial score (nSPS) is 13.0. The summed E-state index contributed by atoms with van der Waals surface area (Å²) in [5.74, 6) is 0. The van der Waals surface area contributed by atoms with E-state index in [-0.39, 0.29) is 0 Å². The molecule has 0 aliphatic rings. The number of hydrogen-bond donors (Lipinski definition) is 0. The lowest BCUT2D eigenvalue weighted by Gasteiger charge is -2.04. The number of fused-ring (bicyclic) bond motifs is 1. The van der Waals surface area contributed by atoms with Crippen molar-refractivity contribution in [2.75, 3.05) is 0 Å². The zero-order chi connectivity index (χ0) is 20.1. The van der Waals surface area contributed by atoms with Crippen LogP contribution in [0.1, 0.15) is 35.4 Å². The van der Waals surface area contributed by atoms with Gasteiger partial charge in [0.2, 0.25) is 0 Å². The molecular formula is C27H26S. The highest BCUT2D eigenvalue weighted by atomic mass is 32.1. The maximum atomic E-state index is 4.00. The van der Waals surface area contributed by atoms with E-state index in [0.29, 0.717) is 0 Å². The molecule has 0 N–H and O–H groups in total. The van der Waals surface area contributed by atoms with E-state index < -0.39 is 0 Å². The van der Waals surface area contributed by atoms with Gasteiger partial charge in [-0.1, -0.05) is 85.5 Å². The van der Waals surface area contributed by atoms with Crippen molar-refractivity contribution < 1.29 is 0 Å². The summed E-state index contributed by atoms with van der Waals surface area (Å²) in [5, 5.41) is 1.29. The highest BCUT2D eigenvalue weighted by Gasteiger charge is 2.08. The van der Waals surface area contributed by atoms with Crippen LogP contribution in [-0.2, 0) is 0 Å². The molecule has 3 rings (SSSR count). The van der Waals surface area contributed by atoms with Crippen molar-refractivity contribution in [2.45, 2.75) is 20.8 Å². The zero-order valence-electron chi connectivity index (χ0n) is 16.8. The molecular weight excluding hydrogens is 356 g/mol. The summed E-state index contributed by atoms with van der Waals surface area (Å²) in [4.78, 5) is 1.22. The minimum atomic E-state index is 1.12. The molecule has 1 heterocycles. The van der Waals surface area contributed by atoms with Crippen molar-refractivity contribution in [3.8, 4) is 0 Å². The summed E-state index contributed by atoms with van der Waals surface area (Å²) in [5.41, 5.74) is 7.31.